The van der Waals surface area contributed by atoms with Crippen LogP contribution in [0.4, 0.5) is 0 Å². The fourth-order valence-electron chi connectivity index (χ4n) is 2.51. The van der Waals surface area contributed by atoms with Crippen LogP contribution in [0.25, 0.3) is 0 Å². The lowest BCUT2D eigenvalue weighted by Gasteiger charge is -2.32. The first kappa shape index (κ1) is 17.1. The van der Waals surface area contributed by atoms with Crippen LogP contribution in [0.2, 0.25) is 0 Å². The van der Waals surface area contributed by atoms with Gasteiger partial charge in [-0.1, -0.05) is 19.1 Å². The lowest BCUT2D eigenvalue weighted by atomic mass is 10.3. The van der Waals surface area contributed by atoms with E-state index in [0.29, 0.717) is 0 Å². The molecule has 1 aliphatic rings. The maximum atomic E-state index is 5.93. The van der Waals surface area contributed by atoms with Crippen molar-refractivity contribution in [3.05, 3.63) is 24.3 Å². The highest BCUT2D eigenvalue weighted by Crippen LogP contribution is 2.27. The van der Waals surface area contributed by atoms with Crippen LogP contribution >= 0.6 is 0 Å². The standard InChI is InChI=1S/C18H30N2O2/c1-4-16(2)22-18-9-6-5-8-17(18)21-15-7-10-20-13-11-19(3)12-14-20/h5-6,8-9,16H,4,7,10-15H2,1-3H3/t16-/m0/s1. The molecule has 0 aromatic heterocycles. The van der Waals surface area contributed by atoms with E-state index in [-0.39, 0.29) is 6.10 Å². The van der Waals surface area contributed by atoms with Crippen molar-refractivity contribution in [2.45, 2.75) is 32.8 Å². The summed E-state index contributed by atoms with van der Waals surface area (Å²) in [5.41, 5.74) is 0. The van der Waals surface area contributed by atoms with Gasteiger partial charge in [0.05, 0.1) is 12.7 Å². The van der Waals surface area contributed by atoms with Crippen molar-refractivity contribution in [1.29, 1.82) is 0 Å². The Bertz CT molecular complexity index is 431. The molecule has 0 unspecified atom stereocenters. The largest absolute Gasteiger partial charge is 0.490 e. The first-order valence-electron chi connectivity index (χ1n) is 8.48. The van der Waals surface area contributed by atoms with Gasteiger partial charge in [0.2, 0.25) is 0 Å². The molecule has 0 amide bonds. The molecule has 0 aliphatic carbocycles. The summed E-state index contributed by atoms with van der Waals surface area (Å²) < 4.78 is 11.8. The van der Waals surface area contributed by atoms with E-state index in [2.05, 4.69) is 30.7 Å². The fraction of sp³-hybridized carbons (Fsp3) is 0.667. The molecule has 1 fully saturated rings. The highest BCUT2D eigenvalue weighted by atomic mass is 16.5. The molecular formula is C18H30N2O2. The average molecular weight is 306 g/mol. The smallest absolute Gasteiger partial charge is 0.161 e. The molecule has 0 radical (unpaired) electrons. The molecular weight excluding hydrogens is 276 g/mol. The SMILES string of the molecule is CC[C@H](C)Oc1ccccc1OCCCN1CCN(C)CC1. The Morgan fingerprint density at radius 2 is 1.77 bits per heavy atom. The molecule has 4 heteroatoms. The predicted molar refractivity (Wildman–Crippen MR) is 90.9 cm³/mol. The first-order valence-corrected chi connectivity index (χ1v) is 8.48. The van der Waals surface area contributed by atoms with E-state index in [0.717, 1.165) is 37.5 Å². The molecule has 1 aromatic rings. The molecule has 0 N–H and O–H groups in total. The number of ether oxygens (including phenoxy) is 2. The van der Waals surface area contributed by atoms with Gasteiger partial charge in [0.15, 0.2) is 11.5 Å². The number of hydrogen-bond acceptors (Lipinski definition) is 4. The van der Waals surface area contributed by atoms with Crippen molar-refractivity contribution >= 4 is 0 Å². The quantitative estimate of drug-likeness (QED) is 0.690. The second-order valence-corrected chi connectivity index (χ2v) is 6.13. The molecule has 0 bridgehead atoms. The zero-order valence-corrected chi connectivity index (χ0v) is 14.3. The van der Waals surface area contributed by atoms with E-state index in [1.807, 2.05) is 24.3 Å². The molecule has 1 heterocycles. The molecule has 1 aliphatic heterocycles. The van der Waals surface area contributed by atoms with Gasteiger partial charge < -0.3 is 19.3 Å². The monoisotopic (exact) mass is 306 g/mol. The third-order valence-electron chi connectivity index (χ3n) is 4.22. The van der Waals surface area contributed by atoms with Gasteiger partial charge in [0.25, 0.3) is 0 Å². The number of rotatable bonds is 8. The van der Waals surface area contributed by atoms with Crippen LogP contribution < -0.4 is 9.47 Å². The van der Waals surface area contributed by atoms with Crippen LogP contribution in [0.15, 0.2) is 24.3 Å². The molecule has 4 nitrogen and oxygen atoms in total. The molecule has 0 spiro atoms. The predicted octanol–water partition coefficient (Wildman–Crippen LogP) is 2.88. The lowest BCUT2D eigenvalue weighted by molar-refractivity contribution is 0.144. The lowest BCUT2D eigenvalue weighted by Crippen LogP contribution is -2.44. The normalized spacial score (nSPS) is 18.1. The number of piperazine rings is 1. The van der Waals surface area contributed by atoms with Crippen molar-refractivity contribution in [1.82, 2.24) is 9.80 Å². The second-order valence-electron chi connectivity index (χ2n) is 6.13. The van der Waals surface area contributed by atoms with E-state index < -0.39 is 0 Å². The van der Waals surface area contributed by atoms with Gasteiger partial charge in [-0.2, -0.15) is 0 Å². The average Bonchev–Trinajstić information content (AvgIpc) is 2.54. The van der Waals surface area contributed by atoms with Crippen LogP contribution in [0.1, 0.15) is 26.7 Å². The van der Waals surface area contributed by atoms with Crippen molar-refractivity contribution in [2.24, 2.45) is 0 Å². The molecule has 1 atom stereocenters. The number of likely N-dealkylation sites (N-methyl/N-ethyl adjacent to an activating group) is 1. The van der Waals surface area contributed by atoms with Gasteiger partial charge >= 0.3 is 0 Å². The van der Waals surface area contributed by atoms with Crippen LogP contribution in [0, 0.1) is 0 Å². The van der Waals surface area contributed by atoms with Crippen LogP contribution in [-0.2, 0) is 0 Å². The second kappa shape index (κ2) is 9.01. The van der Waals surface area contributed by atoms with Gasteiger partial charge in [-0.15, -0.1) is 0 Å². The molecule has 0 saturated carbocycles. The minimum atomic E-state index is 0.218. The summed E-state index contributed by atoms with van der Waals surface area (Å²) in [6.45, 7) is 10.8. The summed E-state index contributed by atoms with van der Waals surface area (Å²) in [6.07, 6.45) is 2.27. The van der Waals surface area contributed by atoms with Crippen LogP contribution in [-0.4, -0.2) is 62.3 Å². The van der Waals surface area contributed by atoms with Crippen molar-refractivity contribution in [2.75, 3.05) is 46.4 Å². The minimum absolute atomic E-state index is 0.218. The topological polar surface area (TPSA) is 24.9 Å². The van der Waals surface area contributed by atoms with Crippen molar-refractivity contribution < 1.29 is 9.47 Å². The van der Waals surface area contributed by atoms with Gasteiger partial charge in [-0.25, -0.2) is 0 Å². The molecule has 124 valence electrons. The third kappa shape index (κ3) is 5.50. The number of para-hydroxylation sites is 2. The maximum Gasteiger partial charge on any atom is 0.161 e. The summed E-state index contributed by atoms with van der Waals surface area (Å²) in [7, 11) is 2.19. The summed E-state index contributed by atoms with van der Waals surface area (Å²) in [4.78, 5) is 4.90. The molecule has 1 aromatic carbocycles. The highest BCUT2D eigenvalue weighted by Gasteiger charge is 2.13. The third-order valence-corrected chi connectivity index (χ3v) is 4.22. The van der Waals surface area contributed by atoms with E-state index in [1.54, 1.807) is 0 Å². The fourth-order valence-corrected chi connectivity index (χ4v) is 2.51. The minimum Gasteiger partial charge on any atom is -0.490 e. The zero-order chi connectivity index (χ0) is 15.8. The summed E-state index contributed by atoms with van der Waals surface area (Å²) in [5.74, 6) is 1.72. The summed E-state index contributed by atoms with van der Waals surface area (Å²) in [5, 5.41) is 0. The Morgan fingerprint density at radius 1 is 1.09 bits per heavy atom. The van der Waals surface area contributed by atoms with Crippen LogP contribution in [0.5, 0.6) is 11.5 Å². The van der Waals surface area contributed by atoms with Crippen molar-refractivity contribution in [3.8, 4) is 11.5 Å². The van der Waals surface area contributed by atoms with Gasteiger partial charge in [0.1, 0.15) is 0 Å². The van der Waals surface area contributed by atoms with Gasteiger partial charge in [-0.3, -0.25) is 0 Å². The Labute approximate surface area is 135 Å². The number of benzene rings is 1. The number of nitrogens with zero attached hydrogens (tertiary/aromatic N) is 2. The van der Waals surface area contributed by atoms with E-state index in [1.165, 1.54) is 26.2 Å². The molecule has 2 rings (SSSR count). The zero-order valence-electron chi connectivity index (χ0n) is 14.3. The Balaban J connectivity index is 1.72. The Morgan fingerprint density at radius 3 is 2.45 bits per heavy atom. The van der Waals surface area contributed by atoms with Gasteiger partial charge in [0, 0.05) is 32.7 Å². The first-order chi connectivity index (χ1) is 10.7. The summed E-state index contributed by atoms with van der Waals surface area (Å²) >= 11 is 0. The molecule has 1 saturated heterocycles. The van der Waals surface area contributed by atoms with Gasteiger partial charge in [-0.05, 0) is 38.9 Å². The highest BCUT2D eigenvalue weighted by molar-refractivity contribution is 5.39. The van der Waals surface area contributed by atoms with E-state index in [9.17, 15) is 0 Å². The molecule has 22 heavy (non-hydrogen) atoms. The Hall–Kier alpha value is -1.26. The number of hydrogen-bond donors (Lipinski definition) is 0. The summed E-state index contributed by atoms with van der Waals surface area (Å²) in [6, 6.07) is 7.98. The van der Waals surface area contributed by atoms with E-state index in [4.69, 9.17) is 9.47 Å². The maximum absolute atomic E-state index is 5.93. The van der Waals surface area contributed by atoms with E-state index >= 15 is 0 Å². The Kier molecular flexibility index (Phi) is 7.00. The van der Waals surface area contributed by atoms with Crippen molar-refractivity contribution in [3.63, 3.8) is 0 Å². The van der Waals surface area contributed by atoms with Crippen LogP contribution in [0.3, 0.4) is 0 Å².